The van der Waals surface area contributed by atoms with Crippen molar-refractivity contribution in [3.8, 4) is 0 Å². The Balaban J connectivity index is 0.00000432. The second-order valence-corrected chi connectivity index (χ2v) is 9.25. The summed E-state index contributed by atoms with van der Waals surface area (Å²) in [6.07, 6.45) is 5.11. The average Bonchev–Trinajstić information content (AvgIpc) is 3.41. The molecule has 0 aliphatic carbocycles. The van der Waals surface area contributed by atoms with Crippen LogP contribution in [0.15, 0.2) is 42.9 Å². The molecule has 1 aliphatic heterocycles. The number of amides is 3. The van der Waals surface area contributed by atoms with Gasteiger partial charge in [0.2, 0.25) is 11.8 Å². The van der Waals surface area contributed by atoms with E-state index in [4.69, 9.17) is 10.5 Å². The van der Waals surface area contributed by atoms with E-state index in [2.05, 4.69) is 15.6 Å². The number of ether oxygens (including phenoxy) is 1. The number of benzene rings is 1. The van der Waals surface area contributed by atoms with Crippen molar-refractivity contribution in [1.29, 1.82) is 0 Å². The Bertz CT molecular complexity index is 985. The van der Waals surface area contributed by atoms with Gasteiger partial charge in [0.1, 0.15) is 12.6 Å². The summed E-state index contributed by atoms with van der Waals surface area (Å²) in [6, 6.07) is 8.78. The van der Waals surface area contributed by atoms with Crippen LogP contribution in [0.1, 0.15) is 46.6 Å². The van der Waals surface area contributed by atoms with Crippen molar-refractivity contribution in [2.75, 3.05) is 18.5 Å². The number of likely N-dealkylation sites (tertiary alicyclic amines) is 1. The first-order chi connectivity index (χ1) is 16.1. The predicted molar refractivity (Wildman–Crippen MR) is 134 cm³/mol. The standard InChI is InChI=1S/C24H34N6O4.CH4/c1-17-8-7-11-30(17)21(31)13-29-12-20(26-16-29)28-22(32)19(27-23(33)24(2,3)25)15-34-14-18-9-5-4-6-10-18;/h4-6,9-10,12,16-17,19H,7-8,11,13-15,25H2,1-3H3,(H,27,33)(H,28,32);1H4/t17?,19-;/m1./s1. The van der Waals surface area contributed by atoms with Crippen LogP contribution >= 0.6 is 0 Å². The molecule has 3 rings (SSSR count). The molecule has 1 aliphatic rings. The monoisotopic (exact) mass is 486 g/mol. The number of carbonyl (C=O) groups is 3. The van der Waals surface area contributed by atoms with E-state index >= 15 is 0 Å². The summed E-state index contributed by atoms with van der Waals surface area (Å²) in [4.78, 5) is 43.9. The maximum atomic E-state index is 12.9. The highest BCUT2D eigenvalue weighted by Crippen LogP contribution is 2.17. The minimum atomic E-state index is -1.16. The van der Waals surface area contributed by atoms with Gasteiger partial charge in [0.25, 0.3) is 5.91 Å². The third-order valence-corrected chi connectivity index (χ3v) is 5.68. The van der Waals surface area contributed by atoms with E-state index in [9.17, 15) is 14.4 Å². The maximum Gasteiger partial charge on any atom is 0.250 e. The number of aromatic nitrogens is 2. The number of rotatable bonds is 10. The SMILES string of the molecule is C.CC1CCCN1C(=O)Cn1cnc(NC(=O)[C@@H](COCc2ccccc2)NC(=O)C(C)(C)N)c1. The average molecular weight is 487 g/mol. The van der Waals surface area contributed by atoms with Gasteiger partial charge in [0, 0.05) is 18.8 Å². The lowest BCUT2D eigenvalue weighted by molar-refractivity contribution is -0.132. The molecule has 0 saturated carbocycles. The highest BCUT2D eigenvalue weighted by Gasteiger charge is 2.29. The molecule has 0 bridgehead atoms. The molecule has 1 fully saturated rings. The molecular weight excluding hydrogens is 448 g/mol. The van der Waals surface area contributed by atoms with Gasteiger partial charge in [-0.2, -0.15) is 0 Å². The molecule has 0 radical (unpaired) electrons. The molecule has 4 N–H and O–H groups in total. The third-order valence-electron chi connectivity index (χ3n) is 5.68. The fourth-order valence-electron chi connectivity index (χ4n) is 3.67. The number of nitrogens with one attached hydrogen (secondary N) is 2. The Morgan fingerprint density at radius 2 is 1.97 bits per heavy atom. The van der Waals surface area contributed by atoms with Gasteiger partial charge in [-0.15, -0.1) is 0 Å². The highest BCUT2D eigenvalue weighted by molar-refractivity contribution is 5.98. The Kier molecular flexibility index (Phi) is 9.97. The normalized spacial score (nSPS) is 16.3. The number of carbonyl (C=O) groups excluding carboxylic acids is 3. The van der Waals surface area contributed by atoms with Crippen molar-refractivity contribution < 1.29 is 19.1 Å². The first-order valence-corrected chi connectivity index (χ1v) is 11.5. The van der Waals surface area contributed by atoms with E-state index in [-0.39, 0.29) is 45.0 Å². The minimum absolute atomic E-state index is 0. The molecule has 1 unspecified atom stereocenters. The lowest BCUT2D eigenvalue weighted by atomic mass is 10.1. The summed E-state index contributed by atoms with van der Waals surface area (Å²) >= 11 is 0. The van der Waals surface area contributed by atoms with Crippen molar-refractivity contribution in [2.24, 2.45) is 5.73 Å². The van der Waals surface area contributed by atoms with E-state index in [1.807, 2.05) is 42.2 Å². The van der Waals surface area contributed by atoms with Gasteiger partial charge < -0.3 is 30.6 Å². The molecule has 10 heteroatoms. The van der Waals surface area contributed by atoms with Crippen LogP contribution in [0, 0.1) is 0 Å². The van der Waals surface area contributed by atoms with Crippen LogP contribution in [-0.2, 0) is 32.3 Å². The second kappa shape index (κ2) is 12.5. The van der Waals surface area contributed by atoms with Gasteiger partial charge in [0.05, 0.1) is 25.1 Å². The van der Waals surface area contributed by atoms with Crippen LogP contribution in [0.2, 0.25) is 0 Å². The molecule has 0 spiro atoms. The number of nitrogens with two attached hydrogens (primary N) is 1. The minimum Gasteiger partial charge on any atom is -0.374 e. The number of imidazole rings is 1. The second-order valence-electron chi connectivity index (χ2n) is 9.25. The number of hydrogen-bond acceptors (Lipinski definition) is 6. The first-order valence-electron chi connectivity index (χ1n) is 11.5. The maximum absolute atomic E-state index is 12.9. The zero-order valence-electron chi connectivity index (χ0n) is 20.0. The van der Waals surface area contributed by atoms with Crippen LogP contribution in [-0.4, -0.2) is 62.9 Å². The van der Waals surface area contributed by atoms with Crippen molar-refractivity contribution in [3.63, 3.8) is 0 Å². The molecular formula is C25H38N6O4. The number of anilines is 1. The first kappa shape index (κ1) is 28.0. The molecule has 1 saturated heterocycles. The lowest BCUT2D eigenvalue weighted by Crippen LogP contribution is -2.56. The third kappa shape index (κ3) is 8.18. The van der Waals surface area contributed by atoms with Gasteiger partial charge in [-0.3, -0.25) is 14.4 Å². The van der Waals surface area contributed by atoms with Crippen molar-refractivity contribution in [1.82, 2.24) is 19.8 Å². The Morgan fingerprint density at radius 3 is 2.60 bits per heavy atom. The van der Waals surface area contributed by atoms with Crippen LogP contribution in [0.25, 0.3) is 0 Å². The van der Waals surface area contributed by atoms with Gasteiger partial charge in [-0.05, 0) is 39.2 Å². The Hall–Kier alpha value is -3.24. The van der Waals surface area contributed by atoms with Gasteiger partial charge in [-0.1, -0.05) is 37.8 Å². The molecule has 2 atom stereocenters. The molecule has 1 aromatic carbocycles. The Labute approximate surface area is 207 Å². The van der Waals surface area contributed by atoms with E-state index < -0.39 is 23.4 Å². The van der Waals surface area contributed by atoms with Crippen LogP contribution in [0.3, 0.4) is 0 Å². The van der Waals surface area contributed by atoms with E-state index in [0.29, 0.717) is 0 Å². The molecule has 2 heterocycles. The van der Waals surface area contributed by atoms with Crippen molar-refractivity contribution >= 4 is 23.5 Å². The molecule has 10 nitrogen and oxygen atoms in total. The van der Waals surface area contributed by atoms with Gasteiger partial charge in [-0.25, -0.2) is 4.98 Å². The molecule has 2 aromatic rings. The Morgan fingerprint density at radius 1 is 1.26 bits per heavy atom. The van der Waals surface area contributed by atoms with Crippen molar-refractivity contribution in [2.45, 2.75) is 71.8 Å². The smallest absolute Gasteiger partial charge is 0.250 e. The van der Waals surface area contributed by atoms with E-state index in [0.717, 1.165) is 24.9 Å². The summed E-state index contributed by atoms with van der Waals surface area (Å²) in [5, 5.41) is 5.34. The summed E-state index contributed by atoms with van der Waals surface area (Å²) in [5.74, 6) is -0.672. The predicted octanol–water partition coefficient (Wildman–Crippen LogP) is 1.91. The summed E-state index contributed by atoms with van der Waals surface area (Å²) in [5.41, 5.74) is 5.66. The van der Waals surface area contributed by atoms with Gasteiger partial charge >= 0.3 is 0 Å². The largest absolute Gasteiger partial charge is 0.374 e. The van der Waals surface area contributed by atoms with Crippen LogP contribution < -0.4 is 16.4 Å². The number of nitrogens with zero attached hydrogens (tertiary/aromatic N) is 3. The zero-order valence-corrected chi connectivity index (χ0v) is 20.0. The molecule has 35 heavy (non-hydrogen) atoms. The highest BCUT2D eigenvalue weighted by atomic mass is 16.5. The van der Waals surface area contributed by atoms with Gasteiger partial charge in [0.15, 0.2) is 5.82 Å². The summed E-state index contributed by atoms with van der Waals surface area (Å²) < 4.78 is 7.32. The van der Waals surface area contributed by atoms with Crippen LogP contribution in [0.4, 0.5) is 5.82 Å². The molecule has 3 amide bonds. The topological polar surface area (TPSA) is 132 Å². The zero-order chi connectivity index (χ0) is 24.7. The molecule has 1 aromatic heterocycles. The quantitative estimate of drug-likeness (QED) is 0.470. The molecule has 192 valence electrons. The fraction of sp³-hybridized carbons (Fsp3) is 0.520. The summed E-state index contributed by atoms with van der Waals surface area (Å²) in [6.45, 7) is 6.31. The number of hydrogen-bond donors (Lipinski definition) is 3. The lowest BCUT2D eigenvalue weighted by Gasteiger charge is -2.23. The van der Waals surface area contributed by atoms with Crippen LogP contribution in [0.5, 0.6) is 0 Å². The van der Waals surface area contributed by atoms with E-state index in [1.54, 1.807) is 24.6 Å². The summed E-state index contributed by atoms with van der Waals surface area (Å²) in [7, 11) is 0. The van der Waals surface area contributed by atoms with Crippen molar-refractivity contribution in [3.05, 3.63) is 48.4 Å². The fourth-order valence-corrected chi connectivity index (χ4v) is 3.67. The van der Waals surface area contributed by atoms with E-state index in [1.165, 1.54) is 6.33 Å².